The number of benzene rings is 1. The van der Waals surface area contributed by atoms with Gasteiger partial charge in [0.2, 0.25) is 5.91 Å². The van der Waals surface area contributed by atoms with E-state index in [0.717, 1.165) is 32.4 Å². The number of carbonyl (C=O) groups is 1. The number of amides is 1. The van der Waals surface area contributed by atoms with Crippen LogP contribution in [0.25, 0.3) is 0 Å². The van der Waals surface area contributed by atoms with Crippen LogP contribution in [-0.2, 0) is 21.1 Å². The molecule has 1 atom stereocenters. The van der Waals surface area contributed by atoms with Crippen molar-refractivity contribution in [2.75, 3.05) is 30.3 Å². The molecule has 26 heavy (non-hydrogen) atoms. The van der Waals surface area contributed by atoms with Crippen LogP contribution in [0.5, 0.6) is 0 Å². The number of carbonyl (C=O) groups excluding carboxylic acids is 1. The van der Waals surface area contributed by atoms with Crippen LogP contribution in [0.3, 0.4) is 0 Å². The summed E-state index contributed by atoms with van der Waals surface area (Å²) in [5.74, 6) is 1.83. The normalized spacial score (nSPS) is 23.3. The van der Waals surface area contributed by atoms with Crippen LogP contribution < -0.4 is 0 Å². The van der Waals surface area contributed by atoms with Crippen molar-refractivity contribution in [3.8, 4) is 0 Å². The third-order valence-electron chi connectivity index (χ3n) is 5.56. The summed E-state index contributed by atoms with van der Waals surface area (Å²) in [6.45, 7) is 3.81. The van der Waals surface area contributed by atoms with E-state index in [4.69, 9.17) is 0 Å². The Morgan fingerprint density at radius 3 is 2.46 bits per heavy atom. The lowest BCUT2D eigenvalue weighted by molar-refractivity contribution is -0.129. The number of nitrogens with zero attached hydrogens (tertiary/aromatic N) is 1. The van der Waals surface area contributed by atoms with Crippen LogP contribution in [-0.4, -0.2) is 54.8 Å². The molecule has 0 bridgehead atoms. The molecule has 0 aliphatic carbocycles. The van der Waals surface area contributed by atoms with Gasteiger partial charge in [0.25, 0.3) is 0 Å². The van der Waals surface area contributed by atoms with Crippen molar-refractivity contribution >= 4 is 27.5 Å². The number of hydrogen-bond donors (Lipinski definition) is 0. The van der Waals surface area contributed by atoms with E-state index in [2.05, 4.69) is 31.2 Å². The van der Waals surface area contributed by atoms with E-state index in [-0.39, 0.29) is 22.7 Å². The Kier molecular flexibility index (Phi) is 6.67. The van der Waals surface area contributed by atoms with Crippen molar-refractivity contribution in [3.63, 3.8) is 0 Å². The number of piperidine rings is 1. The van der Waals surface area contributed by atoms with Gasteiger partial charge in [-0.1, -0.05) is 29.8 Å². The molecule has 2 fully saturated rings. The van der Waals surface area contributed by atoms with Crippen LogP contribution in [0.2, 0.25) is 0 Å². The standard InChI is InChI=1S/C20H29NO3S2/c1-16-2-4-17(5-3-16)6-7-18-8-11-21(12-9-18)20(22)14-25-19-10-13-26(23,24)15-19/h2-5,18-19H,6-15H2,1H3. The molecule has 1 amide bonds. The van der Waals surface area contributed by atoms with E-state index in [1.54, 1.807) is 0 Å². The molecule has 1 aromatic carbocycles. The average Bonchev–Trinajstić information content (AvgIpc) is 2.98. The number of hydrogen-bond acceptors (Lipinski definition) is 4. The maximum Gasteiger partial charge on any atom is 0.232 e. The molecule has 144 valence electrons. The fraction of sp³-hybridized carbons (Fsp3) is 0.650. The lowest BCUT2D eigenvalue weighted by Gasteiger charge is -2.32. The molecule has 4 nitrogen and oxygen atoms in total. The summed E-state index contributed by atoms with van der Waals surface area (Å²) in [5.41, 5.74) is 2.70. The number of sulfone groups is 1. The van der Waals surface area contributed by atoms with Crippen molar-refractivity contribution in [1.29, 1.82) is 0 Å². The molecule has 0 spiro atoms. The zero-order valence-corrected chi connectivity index (χ0v) is 17.2. The van der Waals surface area contributed by atoms with Gasteiger partial charge in [0, 0.05) is 18.3 Å². The maximum atomic E-state index is 12.4. The highest BCUT2D eigenvalue weighted by atomic mass is 32.2. The maximum absolute atomic E-state index is 12.4. The molecular weight excluding hydrogens is 366 g/mol. The van der Waals surface area contributed by atoms with Gasteiger partial charge in [-0.15, -0.1) is 11.8 Å². The summed E-state index contributed by atoms with van der Waals surface area (Å²) in [4.78, 5) is 14.4. The van der Waals surface area contributed by atoms with Gasteiger partial charge < -0.3 is 4.90 Å². The van der Waals surface area contributed by atoms with Crippen molar-refractivity contribution in [3.05, 3.63) is 35.4 Å². The molecule has 2 saturated heterocycles. The van der Waals surface area contributed by atoms with E-state index >= 15 is 0 Å². The molecule has 0 aromatic heterocycles. The first-order valence-electron chi connectivity index (χ1n) is 9.56. The largest absolute Gasteiger partial charge is 0.342 e. The second kappa shape index (κ2) is 8.79. The van der Waals surface area contributed by atoms with E-state index in [0.29, 0.717) is 18.1 Å². The first-order chi connectivity index (χ1) is 12.4. The molecule has 2 aliphatic rings. The van der Waals surface area contributed by atoms with Crippen molar-refractivity contribution in [1.82, 2.24) is 4.90 Å². The van der Waals surface area contributed by atoms with Crippen LogP contribution >= 0.6 is 11.8 Å². The second-order valence-electron chi connectivity index (χ2n) is 7.68. The summed E-state index contributed by atoms with van der Waals surface area (Å²) >= 11 is 1.53. The third-order valence-corrected chi connectivity index (χ3v) is 8.83. The Balaban J connectivity index is 1.35. The number of thioether (sulfide) groups is 1. The third kappa shape index (κ3) is 5.74. The van der Waals surface area contributed by atoms with Gasteiger partial charge in [-0.05, 0) is 50.5 Å². The second-order valence-corrected chi connectivity index (χ2v) is 11.2. The van der Waals surface area contributed by atoms with Crippen molar-refractivity contribution < 1.29 is 13.2 Å². The fourth-order valence-electron chi connectivity index (χ4n) is 3.77. The zero-order chi connectivity index (χ0) is 18.6. The Bertz CT molecular complexity index is 707. The minimum Gasteiger partial charge on any atom is -0.342 e. The van der Waals surface area contributed by atoms with Crippen LogP contribution in [0.15, 0.2) is 24.3 Å². The lowest BCUT2D eigenvalue weighted by Crippen LogP contribution is -2.39. The molecule has 2 aliphatic heterocycles. The molecule has 2 heterocycles. The summed E-state index contributed by atoms with van der Waals surface area (Å²) in [5, 5.41) is 0.107. The van der Waals surface area contributed by atoms with Gasteiger partial charge in [0.15, 0.2) is 9.84 Å². The van der Waals surface area contributed by atoms with Gasteiger partial charge in [-0.3, -0.25) is 4.79 Å². The molecular formula is C20H29NO3S2. The summed E-state index contributed by atoms with van der Waals surface area (Å²) < 4.78 is 23.0. The van der Waals surface area contributed by atoms with Gasteiger partial charge >= 0.3 is 0 Å². The van der Waals surface area contributed by atoms with Crippen molar-refractivity contribution in [2.24, 2.45) is 5.92 Å². The molecule has 0 N–H and O–H groups in total. The highest BCUT2D eigenvalue weighted by Gasteiger charge is 2.29. The zero-order valence-electron chi connectivity index (χ0n) is 15.5. The van der Waals surface area contributed by atoms with Gasteiger partial charge in [0.1, 0.15) is 0 Å². The van der Waals surface area contributed by atoms with Crippen LogP contribution in [0, 0.1) is 12.8 Å². The summed E-state index contributed by atoms with van der Waals surface area (Å²) in [6.07, 6.45) is 5.17. The lowest BCUT2D eigenvalue weighted by atomic mass is 9.90. The number of rotatable bonds is 6. The van der Waals surface area contributed by atoms with Crippen LogP contribution in [0.1, 0.15) is 36.8 Å². The van der Waals surface area contributed by atoms with E-state index in [1.165, 1.54) is 29.3 Å². The Morgan fingerprint density at radius 2 is 1.85 bits per heavy atom. The van der Waals surface area contributed by atoms with Gasteiger partial charge in [0.05, 0.1) is 17.3 Å². The number of likely N-dealkylation sites (tertiary alicyclic amines) is 1. The Labute approximate surface area is 161 Å². The SMILES string of the molecule is Cc1ccc(CCC2CCN(C(=O)CSC3CCS(=O)(=O)C3)CC2)cc1. The smallest absolute Gasteiger partial charge is 0.232 e. The quantitative estimate of drug-likeness (QED) is 0.743. The number of aryl methyl sites for hydroxylation is 2. The van der Waals surface area contributed by atoms with E-state index in [1.807, 2.05) is 4.90 Å². The Morgan fingerprint density at radius 1 is 1.15 bits per heavy atom. The van der Waals surface area contributed by atoms with Crippen LogP contribution in [0.4, 0.5) is 0 Å². The molecule has 0 saturated carbocycles. The van der Waals surface area contributed by atoms with Gasteiger partial charge in [-0.25, -0.2) is 8.42 Å². The average molecular weight is 396 g/mol. The monoisotopic (exact) mass is 395 g/mol. The first-order valence-corrected chi connectivity index (χ1v) is 12.4. The van der Waals surface area contributed by atoms with E-state index < -0.39 is 9.84 Å². The van der Waals surface area contributed by atoms with Crippen molar-refractivity contribution in [2.45, 2.75) is 44.3 Å². The topological polar surface area (TPSA) is 54.5 Å². The fourth-order valence-corrected chi connectivity index (χ4v) is 7.31. The molecule has 1 aromatic rings. The van der Waals surface area contributed by atoms with E-state index in [9.17, 15) is 13.2 Å². The minimum absolute atomic E-state index is 0.107. The highest BCUT2D eigenvalue weighted by Crippen LogP contribution is 2.26. The molecule has 1 unspecified atom stereocenters. The molecule has 0 radical (unpaired) electrons. The predicted molar refractivity (Wildman–Crippen MR) is 108 cm³/mol. The predicted octanol–water partition coefficient (Wildman–Crippen LogP) is 3.09. The molecule has 6 heteroatoms. The summed E-state index contributed by atoms with van der Waals surface area (Å²) in [6, 6.07) is 8.77. The summed E-state index contributed by atoms with van der Waals surface area (Å²) in [7, 11) is -2.85. The first kappa shape index (κ1) is 19.7. The highest BCUT2D eigenvalue weighted by molar-refractivity contribution is 8.02. The molecule has 3 rings (SSSR count). The van der Waals surface area contributed by atoms with Gasteiger partial charge in [-0.2, -0.15) is 0 Å². The minimum atomic E-state index is -2.85. The Hall–Kier alpha value is -1.01.